The minimum atomic E-state index is -4.12. The van der Waals surface area contributed by atoms with Crippen molar-refractivity contribution in [1.82, 2.24) is 20.3 Å². The summed E-state index contributed by atoms with van der Waals surface area (Å²) in [5, 5.41) is 10.1. The molecule has 1 heterocycles. The highest BCUT2D eigenvalue weighted by Gasteiger charge is 2.29. The van der Waals surface area contributed by atoms with E-state index in [2.05, 4.69) is 15.6 Å². The SMILES string of the molecule is CNC(CCC(F)(F)F)c1cnnn1C. The topological polar surface area (TPSA) is 42.7 Å². The van der Waals surface area contributed by atoms with E-state index in [4.69, 9.17) is 0 Å². The summed E-state index contributed by atoms with van der Waals surface area (Å²) < 4.78 is 37.6. The average molecular weight is 222 g/mol. The van der Waals surface area contributed by atoms with Gasteiger partial charge in [0.2, 0.25) is 0 Å². The summed E-state index contributed by atoms with van der Waals surface area (Å²) in [5.41, 5.74) is 0.654. The molecule has 0 spiro atoms. The molecule has 4 nitrogen and oxygen atoms in total. The molecule has 0 aromatic carbocycles. The van der Waals surface area contributed by atoms with Gasteiger partial charge >= 0.3 is 6.18 Å². The number of hydrogen-bond acceptors (Lipinski definition) is 3. The van der Waals surface area contributed by atoms with Crippen LogP contribution in [0, 0.1) is 0 Å². The Balaban J connectivity index is 2.61. The van der Waals surface area contributed by atoms with Gasteiger partial charge in [-0.05, 0) is 13.5 Å². The Morgan fingerprint density at radius 3 is 2.60 bits per heavy atom. The van der Waals surface area contributed by atoms with Gasteiger partial charge in [-0.25, -0.2) is 0 Å². The Kier molecular flexibility index (Phi) is 3.67. The number of nitrogens with zero attached hydrogens (tertiary/aromatic N) is 3. The number of halogens is 3. The molecule has 0 saturated heterocycles. The van der Waals surface area contributed by atoms with Crippen molar-refractivity contribution in [2.45, 2.75) is 25.1 Å². The lowest BCUT2D eigenvalue weighted by Crippen LogP contribution is -2.21. The molecule has 0 saturated carbocycles. The van der Waals surface area contributed by atoms with Crippen molar-refractivity contribution in [3.05, 3.63) is 11.9 Å². The lowest BCUT2D eigenvalue weighted by molar-refractivity contribution is -0.136. The van der Waals surface area contributed by atoms with E-state index in [0.29, 0.717) is 5.69 Å². The third kappa shape index (κ3) is 3.50. The fourth-order valence-corrected chi connectivity index (χ4v) is 1.36. The lowest BCUT2D eigenvalue weighted by Gasteiger charge is -2.16. The first-order chi connectivity index (χ1) is 6.94. The Hall–Kier alpha value is -1.11. The Labute approximate surface area is 85.5 Å². The minimum Gasteiger partial charge on any atom is -0.312 e. The second-order valence-electron chi connectivity index (χ2n) is 3.28. The molecule has 1 unspecified atom stereocenters. The predicted octanol–water partition coefficient (Wildman–Crippen LogP) is 1.42. The third-order valence-corrected chi connectivity index (χ3v) is 2.17. The smallest absolute Gasteiger partial charge is 0.312 e. The van der Waals surface area contributed by atoms with Crippen LogP contribution in [0.2, 0.25) is 0 Å². The van der Waals surface area contributed by atoms with Crippen LogP contribution in [0.1, 0.15) is 24.6 Å². The number of nitrogens with one attached hydrogen (secondary N) is 1. The first-order valence-corrected chi connectivity index (χ1v) is 4.52. The Bertz CT molecular complexity index is 307. The summed E-state index contributed by atoms with van der Waals surface area (Å²) in [6.07, 6.45) is -3.48. The van der Waals surface area contributed by atoms with E-state index in [9.17, 15) is 13.2 Å². The number of rotatable bonds is 4. The Morgan fingerprint density at radius 2 is 2.20 bits per heavy atom. The van der Waals surface area contributed by atoms with Crippen molar-refractivity contribution < 1.29 is 13.2 Å². The van der Waals surface area contributed by atoms with Gasteiger partial charge < -0.3 is 5.32 Å². The molecular weight excluding hydrogens is 209 g/mol. The lowest BCUT2D eigenvalue weighted by atomic mass is 10.1. The monoisotopic (exact) mass is 222 g/mol. The van der Waals surface area contributed by atoms with E-state index in [1.807, 2.05) is 0 Å². The third-order valence-electron chi connectivity index (χ3n) is 2.17. The van der Waals surface area contributed by atoms with Gasteiger partial charge in [0.25, 0.3) is 0 Å². The van der Waals surface area contributed by atoms with E-state index in [1.165, 1.54) is 10.9 Å². The zero-order chi connectivity index (χ0) is 11.5. The maximum Gasteiger partial charge on any atom is 0.389 e. The average Bonchev–Trinajstić information content (AvgIpc) is 2.52. The molecule has 0 amide bonds. The quantitative estimate of drug-likeness (QED) is 0.837. The van der Waals surface area contributed by atoms with Gasteiger partial charge in [-0.1, -0.05) is 5.21 Å². The van der Waals surface area contributed by atoms with E-state index in [1.54, 1.807) is 14.1 Å². The normalized spacial score (nSPS) is 14.2. The molecule has 15 heavy (non-hydrogen) atoms. The molecule has 0 aliphatic rings. The van der Waals surface area contributed by atoms with Gasteiger partial charge in [-0.2, -0.15) is 13.2 Å². The van der Waals surface area contributed by atoms with Crippen LogP contribution in [0.15, 0.2) is 6.20 Å². The van der Waals surface area contributed by atoms with Gasteiger partial charge in [0.05, 0.1) is 17.9 Å². The van der Waals surface area contributed by atoms with Crippen molar-refractivity contribution >= 4 is 0 Å². The van der Waals surface area contributed by atoms with Crippen LogP contribution < -0.4 is 5.32 Å². The fourth-order valence-electron chi connectivity index (χ4n) is 1.36. The van der Waals surface area contributed by atoms with Crippen LogP contribution in [-0.4, -0.2) is 28.2 Å². The first kappa shape index (κ1) is 12.0. The van der Waals surface area contributed by atoms with Crippen molar-refractivity contribution in [3.63, 3.8) is 0 Å². The van der Waals surface area contributed by atoms with Gasteiger partial charge in [0.1, 0.15) is 0 Å². The van der Waals surface area contributed by atoms with Crippen molar-refractivity contribution in [3.8, 4) is 0 Å². The van der Waals surface area contributed by atoms with E-state index >= 15 is 0 Å². The number of aryl methyl sites for hydroxylation is 1. The van der Waals surface area contributed by atoms with Crippen molar-refractivity contribution in [1.29, 1.82) is 0 Å². The predicted molar refractivity (Wildman–Crippen MR) is 48.1 cm³/mol. The van der Waals surface area contributed by atoms with Gasteiger partial charge in [0.15, 0.2) is 0 Å². The molecule has 1 aromatic rings. The van der Waals surface area contributed by atoms with Crippen LogP contribution in [-0.2, 0) is 7.05 Å². The maximum atomic E-state index is 12.0. The minimum absolute atomic E-state index is 0.0127. The highest BCUT2D eigenvalue weighted by molar-refractivity contribution is 5.01. The molecule has 1 N–H and O–H groups in total. The van der Waals surface area contributed by atoms with E-state index in [-0.39, 0.29) is 12.5 Å². The summed E-state index contributed by atoms with van der Waals surface area (Å²) in [4.78, 5) is 0. The summed E-state index contributed by atoms with van der Waals surface area (Å²) in [5.74, 6) is 0. The van der Waals surface area contributed by atoms with Crippen molar-refractivity contribution in [2.75, 3.05) is 7.05 Å². The molecule has 1 rings (SSSR count). The van der Waals surface area contributed by atoms with Gasteiger partial charge in [-0.15, -0.1) is 5.10 Å². The molecule has 0 fully saturated rings. The van der Waals surface area contributed by atoms with Crippen LogP contribution in [0.25, 0.3) is 0 Å². The first-order valence-electron chi connectivity index (χ1n) is 4.52. The maximum absolute atomic E-state index is 12.0. The highest BCUT2D eigenvalue weighted by atomic mass is 19.4. The number of alkyl halides is 3. The van der Waals surface area contributed by atoms with Crippen LogP contribution in [0.4, 0.5) is 13.2 Å². The molecule has 0 aliphatic heterocycles. The van der Waals surface area contributed by atoms with E-state index in [0.717, 1.165) is 0 Å². The number of hydrogen-bond donors (Lipinski definition) is 1. The van der Waals surface area contributed by atoms with Gasteiger partial charge in [0, 0.05) is 13.5 Å². The largest absolute Gasteiger partial charge is 0.389 e. The molecule has 0 aliphatic carbocycles. The molecule has 7 heteroatoms. The zero-order valence-electron chi connectivity index (χ0n) is 8.54. The summed E-state index contributed by atoms with van der Waals surface area (Å²) >= 11 is 0. The molecular formula is C8H13F3N4. The number of aromatic nitrogens is 3. The summed E-state index contributed by atoms with van der Waals surface area (Å²) in [6, 6.07) is -0.369. The summed E-state index contributed by atoms with van der Waals surface area (Å²) in [6.45, 7) is 0. The Morgan fingerprint density at radius 1 is 1.53 bits per heavy atom. The zero-order valence-corrected chi connectivity index (χ0v) is 8.54. The second kappa shape index (κ2) is 4.61. The van der Waals surface area contributed by atoms with Crippen molar-refractivity contribution in [2.24, 2.45) is 7.05 Å². The molecule has 1 aromatic heterocycles. The molecule has 1 atom stereocenters. The summed E-state index contributed by atoms with van der Waals surface area (Å²) in [7, 11) is 3.27. The van der Waals surface area contributed by atoms with Gasteiger partial charge in [-0.3, -0.25) is 4.68 Å². The highest BCUT2D eigenvalue weighted by Crippen LogP contribution is 2.26. The fraction of sp³-hybridized carbons (Fsp3) is 0.750. The second-order valence-corrected chi connectivity index (χ2v) is 3.28. The molecule has 86 valence electrons. The van der Waals surface area contributed by atoms with Crippen LogP contribution in [0.3, 0.4) is 0 Å². The molecule has 0 radical (unpaired) electrons. The van der Waals surface area contributed by atoms with E-state index < -0.39 is 12.6 Å². The molecule has 0 bridgehead atoms. The standard InChI is InChI=1S/C8H13F3N4/c1-12-6(3-4-8(9,10)11)7-5-13-14-15(7)2/h5-6,12H,3-4H2,1-2H3. The van der Waals surface area contributed by atoms with Crippen LogP contribution in [0.5, 0.6) is 0 Å². The van der Waals surface area contributed by atoms with Crippen LogP contribution >= 0.6 is 0 Å².